The molecule has 0 saturated heterocycles. The van der Waals surface area contributed by atoms with Crippen molar-refractivity contribution in [3.05, 3.63) is 21.3 Å². The Morgan fingerprint density at radius 1 is 1.28 bits per heavy atom. The Kier molecular flexibility index (Phi) is 5.67. The third kappa shape index (κ3) is 3.49. The van der Waals surface area contributed by atoms with E-state index in [-0.39, 0.29) is 0 Å². The summed E-state index contributed by atoms with van der Waals surface area (Å²) in [6.45, 7) is 0. The van der Waals surface area contributed by atoms with Crippen LogP contribution in [0.15, 0.2) is 12.1 Å². The van der Waals surface area contributed by atoms with Crippen molar-refractivity contribution in [2.45, 2.75) is 12.5 Å². The molecule has 5 nitrogen and oxygen atoms in total. The van der Waals surface area contributed by atoms with E-state index in [9.17, 15) is 4.79 Å². The van der Waals surface area contributed by atoms with Crippen LogP contribution in [-0.2, 0) is 16.0 Å². The first-order valence-corrected chi connectivity index (χ1v) is 6.35. The number of methoxy groups -OCH3 is 3. The molecule has 0 radical (unpaired) electrons. The van der Waals surface area contributed by atoms with Crippen molar-refractivity contribution in [3.63, 3.8) is 0 Å². The van der Waals surface area contributed by atoms with Crippen molar-refractivity contribution >= 4 is 28.6 Å². The summed E-state index contributed by atoms with van der Waals surface area (Å²) in [7, 11) is 4.46. The Bertz CT molecular complexity index is 436. The number of benzene rings is 1. The normalized spacial score (nSPS) is 11.8. The standard InChI is InChI=1S/C12H16INO4/c1-16-10-5-7(4-9(14)12(15)18-3)8(13)6-11(10)17-2/h5-6,9H,4,14H2,1-3H3. The van der Waals surface area contributed by atoms with Gasteiger partial charge in [0.15, 0.2) is 11.5 Å². The summed E-state index contributed by atoms with van der Waals surface area (Å²) in [5, 5.41) is 0. The highest BCUT2D eigenvalue weighted by molar-refractivity contribution is 14.1. The molecule has 18 heavy (non-hydrogen) atoms. The van der Waals surface area contributed by atoms with Gasteiger partial charge in [-0.05, 0) is 46.7 Å². The number of carbonyl (C=O) groups excluding carboxylic acids is 1. The number of carbonyl (C=O) groups is 1. The van der Waals surface area contributed by atoms with Gasteiger partial charge in [0, 0.05) is 3.57 Å². The molecule has 0 aliphatic carbocycles. The molecule has 1 unspecified atom stereocenters. The predicted molar refractivity (Wildman–Crippen MR) is 76.0 cm³/mol. The van der Waals surface area contributed by atoms with Gasteiger partial charge in [-0.3, -0.25) is 4.79 Å². The third-order valence-corrected chi connectivity index (χ3v) is 3.50. The third-order valence-electron chi connectivity index (χ3n) is 2.50. The van der Waals surface area contributed by atoms with E-state index in [2.05, 4.69) is 27.3 Å². The SMILES string of the molecule is COC(=O)C(N)Cc1cc(OC)c(OC)cc1I. The predicted octanol–water partition coefficient (Wildman–Crippen LogP) is 1.35. The van der Waals surface area contributed by atoms with Crippen LogP contribution >= 0.6 is 22.6 Å². The fourth-order valence-corrected chi connectivity index (χ4v) is 2.18. The van der Waals surface area contributed by atoms with E-state index >= 15 is 0 Å². The Morgan fingerprint density at radius 3 is 2.33 bits per heavy atom. The maximum absolute atomic E-state index is 11.3. The van der Waals surface area contributed by atoms with Crippen LogP contribution in [0.25, 0.3) is 0 Å². The molecule has 1 aromatic carbocycles. The van der Waals surface area contributed by atoms with Gasteiger partial charge in [0.05, 0.1) is 21.3 Å². The first kappa shape index (κ1) is 15.0. The molecule has 0 heterocycles. The number of ether oxygens (including phenoxy) is 3. The quantitative estimate of drug-likeness (QED) is 0.630. The van der Waals surface area contributed by atoms with Gasteiger partial charge in [0.25, 0.3) is 0 Å². The zero-order chi connectivity index (χ0) is 13.7. The van der Waals surface area contributed by atoms with Gasteiger partial charge in [-0.1, -0.05) is 0 Å². The molecule has 2 N–H and O–H groups in total. The first-order chi connectivity index (χ1) is 8.53. The van der Waals surface area contributed by atoms with E-state index in [4.69, 9.17) is 15.2 Å². The molecule has 0 saturated carbocycles. The highest BCUT2D eigenvalue weighted by Gasteiger charge is 2.17. The minimum atomic E-state index is -0.679. The fourth-order valence-electron chi connectivity index (χ4n) is 1.52. The highest BCUT2D eigenvalue weighted by Crippen LogP contribution is 2.31. The maximum Gasteiger partial charge on any atom is 0.322 e. The zero-order valence-corrected chi connectivity index (χ0v) is 12.7. The number of hydrogen-bond acceptors (Lipinski definition) is 5. The van der Waals surface area contributed by atoms with Gasteiger partial charge < -0.3 is 19.9 Å². The number of esters is 1. The van der Waals surface area contributed by atoms with E-state index < -0.39 is 12.0 Å². The highest BCUT2D eigenvalue weighted by atomic mass is 127. The van der Waals surface area contributed by atoms with Crippen LogP contribution in [0.1, 0.15) is 5.56 Å². The smallest absolute Gasteiger partial charge is 0.322 e. The van der Waals surface area contributed by atoms with Crippen LogP contribution in [-0.4, -0.2) is 33.3 Å². The largest absolute Gasteiger partial charge is 0.493 e. The van der Waals surface area contributed by atoms with Gasteiger partial charge >= 0.3 is 5.97 Å². The summed E-state index contributed by atoms with van der Waals surface area (Å²) in [4.78, 5) is 11.3. The molecule has 1 atom stereocenters. The average molecular weight is 365 g/mol. The summed E-state index contributed by atoms with van der Waals surface area (Å²) in [6, 6.07) is 2.99. The summed E-state index contributed by atoms with van der Waals surface area (Å²) in [5.74, 6) is 0.836. The Balaban J connectivity index is 2.99. The molecule has 0 bridgehead atoms. The number of halogens is 1. The van der Waals surface area contributed by atoms with Crippen LogP contribution in [0, 0.1) is 3.57 Å². The van der Waals surface area contributed by atoms with Crippen molar-refractivity contribution in [2.75, 3.05) is 21.3 Å². The Labute approximate surface area is 120 Å². The summed E-state index contributed by atoms with van der Waals surface area (Å²) >= 11 is 2.17. The molecular weight excluding hydrogens is 349 g/mol. The number of nitrogens with two attached hydrogens (primary N) is 1. The van der Waals surface area contributed by atoms with Gasteiger partial charge in [0.2, 0.25) is 0 Å². The van der Waals surface area contributed by atoms with Crippen LogP contribution in [0.5, 0.6) is 11.5 Å². The lowest BCUT2D eigenvalue weighted by Gasteiger charge is -2.14. The van der Waals surface area contributed by atoms with Crippen LogP contribution in [0.3, 0.4) is 0 Å². The monoisotopic (exact) mass is 365 g/mol. The molecule has 0 amide bonds. The molecule has 1 aromatic rings. The second-order valence-electron chi connectivity index (χ2n) is 3.63. The second kappa shape index (κ2) is 6.79. The van der Waals surface area contributed by atoms with Gasteiger partial charge in [-0.15, -0.1) is 0 Å². The van der Waals surface area contributed by atoms with Crippen molar-refractivity contribution in [2.24, 2.45) is 5.73 Å². The fraction of sp³-hybridized carbons (Fsp3) is 0.417. The second-order valence-corrected chi connectivity index (χ2v) is 4.79. The molecule has 0 spiro atoms. The maximum atomic E-state index is 11.3. The number of rotatable bonds is 5. The van der Waals surface area contributed by atoms with Crippen molar-refractivity contribution in [1.29, 1.82) is 0 Å². The molecule has 0 aromatic heterocycles. The van der Waals surface area contributed by atoms with Crippen molar-refractivity contribution in [1.82, 2.24) is 0 Å². The molecule has 100 valence electrons. The summed E-state index contributed by atoms with van der Waals surface area (Å²) in [6.07, 6.45) is 0.394. The van der Waals surface area contributed by atoms with E-state index in [1.165, 1.54) is 7.11 Å². The summed E-state index contributed by atoms with van der Waals surface area (Å²) in [5.41, 5.74) is 6.66. The zero-order valence-electron chi connectivity index (χ0n) is 10.5. The van der Waals surface area contributed by atoms with E-state index in [1.54, 1.807) is 14.2 Å². The average Bonchev–Trinajstić information content (AvgIpc) is 2.39. The molecule has 6 heteroatoms. The lowest BCUT2D eigenvalue weighted by Crippen LogP contribution is -2.33. The van der Waals surface area contributed by atoms with E-state index in [1.807, 2.05) is 12.1 Å². The van der Waals surface area contributed by atoms with E-state index in [0.717, 1.165) is 9.13 Å². The van der Waals surface area contributed by atoms with Crippen molar-refractivity contribution < 1.29 is 19.0 Å². The minimum absolute atomic E-state index is 0.394. The number of hydrogen-bond donors (Lipinski definition) is 1. The topological polar surface area (TPSA) is 70.8 Å². The minimum Gasteiger partial charge on any atom is -0.493 e. The molecule has 1 rings (SSSR count). The van der Waals surface area contributed by atoms with Crippen molar-refractivity contribution in [3.8, 4) is 11.5 Å². The molecule has 0 aliphatic rings. The van der Waals surface area contributed by atoms with Gasteiger partial charge in [-0.2, -0.15) is 0 Å². The van der Waals surface area contributed by atoms with Crippen LogP contribution < -0.4 is 15.2 Å². The van der Waals surface area contributed by atoms with Gasteiger partial charge in [0.1, 0.15) is 6.04 Å². The lowest BCUT2D eigenvalue weighted by molar-refractivity contribution is -0.142. The molecule has 0 fully saturated rings. The molecule has 0 aliphatic heterocycles. The first-order valence-electron chi connectivity index (χ1n) is 5.27. The van der Waals surface area contributed by atoms with Gasteiger partial charge in [-0.25, -0.2) is 0 Å². The van der Waals surface area contributed by atoms with Crippen LogP contribution in [0.2, 0.25) is 0 Å². The Hall–Kier alpha value is -1.02. The van der Waals surface area contributed by atoms with Crippen LogP contribution in [0.4, 0.5) is 0 Å². The Morgan fingerprint density at radius 2 is 1.83 bits per heavy atom. The molecular formula is C12H16INO4. The summed E-state index contributed by atoms with van der Waals surface area (Å²) < 4.78 is 16.0. The van der Waals surface area contributed by atoms with E-state index in [0.29, 0.717) is 17.9 Å². The lowest BCUT2D eigenvalue weighted by atomic mass is 10.1.